The minimum absolute atomic E-state index is 0.852. The topological polar surface area (TPSA) is 12.0 Å². The highest BCUT2D eigenvalue weighted by molar-refractivity contribution is 9.10. The van der Waals surface area contributed by atoms with E-state index in [-0.39, 0.29) is 0 Å². The average molecular weight is 292 g/mol. The van der Waals surface area contributed by atoms with Crippen LogP contribution in [0.1, 0.15) is 24.8 Å². The maximum atomic E-state index is 3.78. The molecule has 4 atom stereocenters. The molecule has 3 fully saturated rings. The summed E-state index contributed by atoms with van der Waals surface area (Å²) in [6.45, 7) is 1.05. The van der Waals surface area contributed by atoms with Gasteiger partial charge in [0.25, 0.3) is 0 Å². The molecule has 0 heterocycles. The van der Waals surface area contributed by atoms with Crippen LogP contribution in [-0.4, -0.2) is 6.04 Å². The van der Waals surface area contributed by atoms with E-state index >= 15 is 0 Å². The molecular weight excluding hydrogens is 274 g/mol. The fourth-order valence-corrected chi connectivity index (χ4v) is 4.70. The van der Waals surface area contributed by atoms with Gasteiger partial charge in [-0.2, -0.15) is 0 Å². The van der Waals surface area contributed by atoms with Gasteiger partial charge in [-0.05, 0) is 60.6 Å². The summed E-state index contributed by atoms with van der Waals surface area (Å²) in [5, 5.41) is 3.78. The van der Waals surface area contributed by atoms with Crippen LogP contribution in [0.4, 0.5) is 0 Å². The predicted octanol–water partition coefficient (Wildman–Crippen LogP) is 3.58. The largest absolute Gasteiger partial charge is 0.309 e. The third-order valence-electron chi connectivity index (χ3n) is 5.19. The van der Waals surface area contributed by atoms with Gasteiger partial charge < -0.3 is 5.32 Å². The average Bonchev–Trinajstić information content (AvgIpc) is 2.74. The molecule has 0 aliphatic heterocycles. The molecule has 17 heavy (non-hydrogen) atoms. The van der Waals surface area contributed by atoms with Gasteiger partial charge in [0.2, 0.25) is 0 Å². The van der Waals surface area contributed by atoms with E-state index in [9.17, 15) is 0 Å². The summed E-state index contributed by atoms with van der Waals surface area (Å²) >= 11 is 3.48. The molecular formula is C15H18BrN. The van der Waals surface area contributed by atoms with Crippen molar-refractivity contribution in [2.75, 3.05) is 0 Å². The molecule has 0 amide bonds. The summed E-state index contributed by atoms with van der Waals surface area (Å²) in [6, 6.07) is 9.54. The van der Waals surface area contributed by atoms with Gasteiger partial charge in [-0.3, -0.25) is 0 Å². The Morgan fingerprint density at radius 3 is 2.35 bits per heavy atom. The lowest BCUT2D eigenvalue weighted by molar-refractivity contribution is 0.456. The van der Waals surface area contributed by atoms with Crippen molar-refractivity contribution in [1.29, 1.82) is 0 Å². The molecule has 3 aliphatic rings. The summed E-state index contributed by atoms with van der Waals surface area (Å²) in [6.07, 6.45) is 4.58. The van der Waals surface area contributed by atoms with Crippen molar-refractivity contribution in [2.24, 2.45) is 23.7 Å². The van der Waals surface area contributed by atoms with Crippen molar-refractivity contribution >= 4 is 15.9 Å². The third-order valence-corrected chi connectivity index (χ3v) is 5.72. The van der Waals surface area contributed by atoms with Crippen LogP contribution in [0.5, 0.6) is 0 Å². The minimum Gasteiger partial charge on any atom is -0.309 e. The fraction of sp³-hybridized carbons (Fsp3) is 0.600. The molecule has 0 saturated heterocycles. The Morgan fingerprint density at radius 2 is 1.71 bits per heavy atom. The molecule has 1 aromatic rings. The first kappa shape index (κ1) is 10.6. The molecule has 0 radical (unpaired) electrons. The summed E-state index contributed by atoms with van der Waals surface area (Å²) < 4.78 is 1.17. The van der Waals surface area contributed by atoms with Crippen LogP contribution >= 0.6 is 15.9 Å². The quantitative estimate of drug-likeness (QED) is 0.898. The molecule has 3 aliphatic carbocycles. The summed E-state index contributed by atoms with van der Waals surface area (Å²) in [7, 11) is 0. The highest BCUT2D eigenvalue weighted by atomic mass is 79.9. The van der Waals surface area contributed by atoms with Gasteiger partial charge in [0.1, 0.15) is 0 Å². The lowest BCUT2D eigenvalue weighted by atomic mass is 10.0. The van der Waals surface area contributed by atoms with E-state index in [0.29, 0.717) is 0 Å². The van der Waals surface area contributed by atoms with Crippen LogP contribution in [0.25, 0.3) is 0 Å². The molecule has 1 nitrogen and oxygen atoms in total. The van der Waals surface area contributed by atoms with E-state index in [1.165, 1.54) is 22.9 Å². The number of nitrogens with one attached hydrogen (secondary N) is 1. The number of rotatable bonds is 3. The first-order valence-electron chi connectivity index (χ1n) is 6.81. The van der Waals surface area contributed by atoms with Gasteiger partial charge in [-0.25, -0.2) is 0 Å². The number of benzene rings is 1. The first-order valence-corrected chi connectivity index (χ1v) is 7.60. The standard InChI is InChI=1S/C15H18BrN/c16-12-5-1-9(2-6-12)8-17-15-13-10-3-4-11(7-10)14(13)15/h1-2,5-6,10-11,13-15,17H,3-4,7-8H2. The van der Waals surface area contributed by atoms with E-state index in [1.807, 2.05) is 0 Å². The Bertz CT molecular complexity index is 411. The molecule has 0 spiro atoms. The zero-order valence-electron chi connectivity index (χ0n) is 9.90. The first-order chi connectivity index (χ1) is 8.33. The third kappa shape index (κ3) is 1.68. The van der Waals surface area contributed by atoms with E-state index in [0.717, 1.165) is 36.3 Å². The SMILES string of the molecule is Brc1ccc(CNC2C3C4CCC(C4)C23)cc1. The van der Waals surface area contributed by atoms with E-state index < -0.39 is 0 Å². The number of hydrogen-bond acceptors (Lipinski definition) is 1. The van der Waals surface area contributed by atoms with Crippen LogP contribution in [0.2, 0.25) is 0 Å². The molecule has 1 aromatic carbocycles. The zero-order valence-corrected chi connectivity index (χ0v) is 11.5. The Balaban J connectivity index is 1.37. The van der Waals surface area contributed by atoms with E-state index in [1.54, 1.807) is 6.42 Å². The summed E-state index contributed by atoms with van der Waals surface area (Å²) in [5.74, 6) is 4.24. The monoisotopic (exact) mass is 291 g/mol. The zero-order chi connectivity index (χ0) is 11.4. The fourth-order valence-electron chi connectivity index (χ4n) is 4.44. The Labute approximate surface area is 111 Å². The second-order valence-electron chi connectivity index (χ2n) is 6.02. The van der Waals surface area contributed by atoms with Gasteiger partial charge in [0.15, 0.2) is 0 Å². The lowest BCUT2D eigenvalue weighted by Gasteiger charge is -2.10. The van der Waals surface area contributed by atoms with Crippen molar-refractivity contribution in [1.82, 2.24) is 5.32 Å². The number of halogens is 1. The van der Waals surface area contributed by atoms with Gasteiger partial charge in [0, 0.05) is 17.1 Å². The van der Waals surface area contributed by atoms with Gasteiger partial charge in [-0.1, -0.05) is 28.1 Å². The van der Waals surface area contributed by atoms with Crippen LogP contribution in [-0.2, 0) is 6.54 Å². The van der Waals surface area contributed by atoms with Gasteiger partial charge in [-0.15, -0.1) is 0 Å². The second-order valence-corrected chi connectivity index (χ2v) is 6.94. The van der Waals surface area contributed by atoms with Crippen molar-refractivity contribution in [2.45, 2.75) is 31.8 Å². The van der Waals surface area contributed by atoms with Crippen molar-refractivity contribution < 1.29 is 0 Å². The van der Waals surface area contributed by atoms with Crippen LogP contribution < -0.4 is 5.32 Å². The van der Waals surface area contributed by atoms with Gasteiger partial charge in [0.05, 0.1) is 0 Å². The van der Waals surface area contributed by atoms with Crippen molar-refractivity contribution in [3.05, 3.63) is 34.3 Å². The predicted molar refractivity (Wildman–Crippen MR) is 72.6 cm³/mol. The van der Waals surface area contributed by atoms with E-state index in [2.05, 4.69) is 45.5 Å². The smallest absolute Gasteiger partial charge is 0.0208 e. The normalized spacial score (nSPS) is 41.6. The minimum atomic E-state index is 0.852. The van der Waals surface area contributed by atoms with Crippen LogP contribution in [0.15, 0.2) is 28.7 Å². The molecule has 0 aromatic heterocycles. The Kier molecular flexibility index (Phi) is 2.38. The van der Waals surface area contributed by atoms with E-state index in [4.69, 9.17) is 0 Å². The highest BCUT2D eigenvalue weighted by Gasteiger charge is 2.64. The molecule has 4 unspecified atom stereocenters. The second kappa shape index (κ2) is 3.83. The maximum absolute atomic E-state index is 3.78. The maximum Gasteiger partial charge on any atom is 0.0208 e. The molecule has 3 saturated carbocycles. The van der Waals surface area contributed by atoms with Crippen molar-refractivity contribution in [3.63, 3.8) is 0 Å². The molecule has 4 rings (SSSR count). The molecule has 2 heteroatoms. The van der Waals surface area contributed by atoms with Gasteiger partial charge >= 0.3 is 0 Å². The summed E-state index contributed by atoms with van der Waals surface area (Å²) in [4.78, 5) is 0. The van der Waals surface area contributed by atoms with Crippen molar-refractivity contribution in [3.8, 4) is 0 Å². The Hall–Kier alpha value is -0.340. The Morgan fingerprint density at radius 1 is 1.06 bits per heavy atom. The number of fused-ring (bicyclic) bond motifs is 5. The lowest BCUT2D eigenvalue weighted by Crippen LogP contribution is -2.22. The molecule has 1 N–H and O–H groups in total. The number of hydrogen-bond donors (Lipinski definition) is 1. The van der Waals surface area contributed by atoms with Crippen LogP contribution in [0.3, 0.4) is 0 Å². The summed E-state index contributed by atoms with van der Waals surface area (Å²) in [5.41, 5.74) is 1.41. The molecule has 90 valence electrons. The highest BCUT2D eigenvalue weighted by Crippen LogP contribution is 2.65. The van der Waals surface area contributed by atoms with Crippen LogP contribution in [0, 0.1) is 23.7 Å². The molecule has 2 bridgehead atoms.